The number of anilines is 1. The van der Waals surface area contributed by atoms with Crippen LogP contribution in [-0.4, -0.2) is 30.1 Å². The van der Waals surface area contributed by atoms with Crippen molar-refractivity contribution in [1.29, 1.82) is 0 Å². The summed E-state index contributed by atoms with van der Waals surface area (Å²) >= 11 is 1.33. The highest BCUT2D eigenvalue weighted by atomic mass is 32.1. The highest BCUT2D eigenvalue weighted by Crippen LogP contribution is 2.26. The van der Waals surface area contributed by atoms with E-state index in [0.717, 1.165) is 16.9 Å². The molecule has 28 heavy (non-hydrogen) atoms. The fraction of sp³-hybridized carbons (Fsp3) is 0.190. The molecule has 0 radical (unpaired) electrons. The van der Waals surface area contributed by atoms with Gasteiger partial charge in [0.25, 0.3) is 5.91 Å². The first-order valence-electron chi connectivity index (χ1n) is 8.64. The summed E-state index contributed by atoms with van der Waals surface area (Å²) in [6.45, 7) is 3.46. The van der Waals surface area contributed by atoms with E-state index in [4.69, 9.17) is 9.47 Å². The number of amides is 1. The molecule has 1 heterocycles. The normalized spacial score (nSPS) is 11.5. The summed E-state index contributed by atoms with van der Waals surface area (Å²) in [5.74, 6) is -0.291. The molecule has 0 unspecified atom stereocenters. The van der Waals surface area contributed by atoms with Gasteiger partial charge in [0.1, 0.15) is 10.8 Å². The average Bonchev–Trinajstić information content (AvgIpc) is 3.18. The number of hydrogen-bond acceptors (Lipinski definition) is 6. The Balaban J connectivity index is 1.62. The molecule has 0 fully saturated rings. The van der Waals surface area contributed by atoms with Crippen molar-refractivity contribution >= 4 is 28.9 Å². The van der Waals surface area contributed by atoms with Gasteiger partial charge >= 0.3 is 5.97 Å². The molecule has 2 aromatic carbocycles. The van der Waals surface area contributed by atoms with E-state index in [-0.39, 0.29) is 5.69 Å². The van der Waals surface area contributed by atoms with E-state index < -0.39 is 18.0 Å². The van der Waals surface area contributed by atoms with Gasteiger partial charge in [0.05, 0.1) is 7.11 Å². The lowest BCUT2D eigenvalue weighted by Crippen LogP contribution is -2.30. The number of methoxy groups -OCH3 is 1. The molecule has 144 valence electrons. The average molecular weight is 396 g/mol. The van der Waals surface area contributed by atoms with E-state index in [1.807, 2.05) is 49.4 Å². The fourth-order valence-corrected chi connectivity index (χ4v) is 3.27. The minimum atomic E-state index is -0.945. The Labute approximate surface area is 167 Å². The minimum Gasteiger partial charge on any atom is -0.497 e. The van der Waals surface area contributed by atoms with Crippen LogP contribution < -0.4 is 10.1 Å². The van der Waals surface area contributed by atoms with E-state index in [1.165, 1.54) is 18.3 Å². The first-order chi connectivity index (χ1) is 13.5. The molecule has 0 aliphatic rings. The molecule has 6 nitrogen and oxygen atoms in total. The summed E-state index contributed by atoms with van der Waals surface area (Å²) in [7, 11) is 1.60. The molecule has 1 atom stereocenters. The highest BCUT2D eigenvalue weighted by molar-refractivity contribution is 7.13. The summed E-state index contributed by atoms with van der Waals surface area (Å²) in [5.41, 5.74) is 2.72. The van der Waals surface area contributed by atoms with Gasteiger partial charge in [0.15, 0.2) is 11.8 Å². The van der Waals surface area contributed by atoms with Gasteiger partial charge in [-0.2, -0.15) is 0 Å². The van der Waals surface area contributed by atoms with Crippen LogP contribution in [0, 0.1) is 6.92 Å². The number of thiazole rings is 1. The van der Waals surface area contributed by atoms with Gasteiger partial charge in [-0.05, 0) is 55.8 Å². The summed E-state index contributed by atoms with van der Waals surface area (Å²) < 4.78 is 10.4. The Morgan fingerprint density at radius 3 is 2.57 bits per heavy atom. The first kappa shape index (κ1) is 19.6. The second-order valence-corrected chi connectivity index (χ2v) is 7.03. The summed E-state index contributed by atoms with van der Waals surface area (Å²) in [4.78, 5) is 28.9. The lowest BCUT2D eigenvalue weighted by Gasteiger charge is -2.13. The number of carbonyl (C=O) groups is 2. The number of nitrogens with zero attached hydrogens (tertiary/aromatic N) is 1. The third kappa shape index (κ3) is 4.75. The molecule has 3 rings (SSSR count). The van der Waals surface area contributed by atoms with Crippen molar-refractivity contribution in [2.24, 2.45) is 0 Å². The Morgan fingerprint density at radius 2 is 1.89 bits per heavy atom. The first-order valence-corrected chi connectivity index (χ1v) is 9.52. The Morgan fingerprint density at radius 1 is 1.14 bits per heavy atom. The lowest BCUT2D eigenvalue weighted by molar-refractivity contribution is -0.123. The van der Waals surface area contributed by atoms with Crippen LogP contribution in [0.2, 0.25) is 0 Å². The molecule has 0 aliphatic carbocycles. The van der Waals surface area contributed by atoms with Gasteiger partial charge in [-0.3, -0.25) is 4.79 Å². The molecule has 1 N–H and O–H groups in total. The van der Waals surface area contributed by atoms with Gasteiger partial charge in [0.2, 0.25) is 0 Å². The van der Waals surface area contributed by atoms with Gasteiger partial charge in [-0.15, -0.1) is 11.3 Å². The molecule has 7 heteroatoms. The van der Waals surface area contributed by atoms with Crippen LogP contribution in [0.3, 0.4) is 0 Å². The van der Waals surface area contributed by atoms with Crippen molar-refractivity contribution in [2.75, 3.05) is 12.4 Å². The van der Waals surface area contributed by atoms with Gasteiger partial charge in [-0.25, -0.2) is 9.78 Å². The van der Waals surface area contributed by atoms with Crippen molar-refractivity contribution < 1.29 is 19.1 Å². The Bertz CT molecular complexity index is 982. The molecular weight excluding hydrogens is 376 g/mol. The van der Waals surface area contributed by atoms with Gasteiger partial charge < -0.3 is 14.8 Å². The maximum absolute atomic E-state index is 12.3. The Hall–Kier alpha value is -3.19. The summed E-state index contributed by atoms with van der Waals surface area (Å²) in [5, 5.41) is 5.04. The van der Waals surface area contributed by atoms with Crippen molar-refractivity contribution in [3.8, 4) is 16.3 Å². The van der Waals surface area contributed by atoms with Crippen LogP contribution >= 0.6 is 11.3 Å². The van der Waals surface area contributed by atoms with Crippen LogP contribution in [0.5, 0.6) is 5.75 Å². The highest BCUT2D eigenvalue weighted by Gasteiger charge is 2.21. The zero-order chi connectivity index (χ0) is 20.1. The maximum atomic E-state index is 12.3. The van der Waals surface area contributed by atoms with Crippen LogP contribution in [0.4, 0.5) is 5.69 Å². The molecule has 1 amide bonds. The molecule has 0 spiro atoms. The van der Waals surface area contributed by atoms with Crippen LogP contribution in [0.25, 0.3) is 10.6 Å². The Kier molecular flexibility index (Phi) is 6.06. The number of nitrogens with one attached hydrogen (secondary N) is 1. The largest absolute Gasteiger partial charge is 0.497 e. The number of aromatic nitrogens is 1. The predicted molar refractivity (Wildman–Crippen MR) is 109 cm³/mol. The van der Waals surface area contributed by atoms with E-state index >= 15 is 0 Å². The monoisotopic (exact) mass is 396 g/mol. The molecule has 0 saturated heterocycles. The van der Waals surface area contributed by atoms with E-state index in [2.05, 4.69) is 10.3 Å². The van der Waals surface area contributed by atoms with Gasteiger partial charge in [-0.1, -0.05) is 12.1 Å². The number of hydrogen-bond donors (Lipinski definition) is 1. The summed E-state index contributed by atoms with van der Waals surface area (Å²) in [6, 6.07) is 14.8. The molecule has 0 saturated carbocycles. The molecule has 1 aromatic heterocycles. The van der Waals surface area contributed by atoms with E-state index in [1.54, 1.807) is 18.6 Å². The lowest BCUT2D eigenvalue weighted by atomic mass is 10.2. The quantitative estimate of drug-likeness (QED) is 0.628. The zero-order valence-corrected chi connectivity index (χ0v) is 16.6. The number of benzene rings is 2. The van der Waals surface area contributed by atoms with Crippen molar-refractivity contribution in [3.63, 3.8) is 0 Å². The SMILES string of the molecule is COc1ccc(-c2nc(C(=O)O[C@H](C)C(=O)Nc3cccc(C)c3)cs2)cc1. The van der Waals surface area contributed by atoms with Crippen molar-refractivity contribution in [2.45, 2.75) is 20.0 Å². The van der Waals surface area contributed by atoms with E-state index in [9.17, 15) is 9.59 Å². The van der Waals surface area contributed by atoms with Crippen LogP contribution in [-0.2, 0) is 9.53 Å². The molecular formula is C21H20N2O4S. The third-order valence-corrected chi connectivity index (χ3v) is 4.88. The molecule has 3 aromatic rings. The van der Waals surface area contributed by atoms with Gasteiger partial charge in [0, 0.05) is 16.6 Å². The fourth-order valence-electron chi connectivity index (χ4n) is 2.47. The number of rotatable bonds is 6. The summed E-state index contributed by atoms with van der Waals surface area (Å²) in [6.07, 6.45) is -0.945. The van der Waals surface area contributed by atoms with E-state index in [0.29, 0.717) is 10.7 Å². The number of esters is 1. The molecule has 0 bridgehead atoms. The second-order valence-electron chi connectivity index (χ2n) is 6.17. The standard InChI is InChI=1S/C21H20N2O4S/c1-13-5-4-6-16(11-13)22-19(24)14(2)27-21(25)18-12-28-20(23-18)15-7-9-17(26-3)10-8-15/h4-12,14H,1-3H3,(H,22,24)/t14-/m1/s1. The van der Waals surface area contributed by atoms with Crippen molar-refractivity contribution in [1.82, 2.24) is 4.98 Å². The molecule has 0 aliphatic heterocycles. The predicted octanol–water partition coefficient (Wildman–Crippen LogP) is 4.31. The van der Waals surface area contributed by atoms with Crippen molar-refractivity contribution in [3.05, 3.63) is 65.2 Å². The number of ether oxygens (including phenoxy) is 2. The minimum absolute atomic E-state index is 0.172. The topological polar surface area (TPSA) is 77.5 Å². The second kappa shape index (κ2) is 8.67. The van der Waals surface area contributed by atoms with Crippen LogP contribution in [0.15, 0.2) is 53.9 Å². The number of carbonyl (C=O) groups excluding carboxylic acids is 2. The zero-order valence-electron chi connectivity index (χ0n) is 15.8. The number of aryl methyl sites for hydroxylation is 1. The smallest absolute Gasteiger partial charge is 0.358 e. The third-order valence-electron chi connectivity index (χ3n) is 3.99. The maximum Gasteiger partial charge on any atom is 0.358 e. The van der Waals surface area contributed by atoms with Crippen LogP contribution in [0.1, 0.15) is 23.0 Å².